The molecular formula is C18H22N2O5. The number of esters is 1. The van der Waals surface area contributed by atoms with E-state index in [2.05, 4.69) is 5.32 Å². The molecule has 0 bridgehead atoms. The first-order valence-corrected chi connectivity index (χ1v) is 8.43. The molecule has 1 N–H and O–H groups in total. The molecular weight excluding hydrogens is 324 g/mol. The molecule has 1 aromatic rings. The van der Waals surface area contributed by atoms with Gasteiger partial charge in [0.25, 0.3) is 11.8 Å². The third-order valence-corrected chi connectivity index (χ3v) is 4.14. The lowest BCUT2D eigenvalue weighted by Gasteiger charge is -2.38. The van der Waals surface area contributed by atoms with Crippen LogP contribution in [0.4, 0.5) is 5.69 Å². The highest BCUT2D eigenvalue weighted by Crippen LogP contribution is 2.38. The largest absolute Gasteiger partial charge is 0.476 e. The van der Waals surface area contributed by atoms with Crippen molar-refractivity contribution in [3.63, 3.8) is 0 Å². The van der Waals surface area contributed by atoms with Crippen LogP contribution in [0.15, 0.2) is 18.2 Å². The molecule has 7 nitrogen and oxygen atoms in total. The van der Waals surface area contributed by atoms with Gasteiger partial charge in [-0.15, -0.1) is 0 Å². The van der Waals surface area contributed by atoms with Crippen molar-refractivity contribution >= 4 is 23.5 Å². The van der Waals surface area contributed by atoms with Gasteiger partial charge >= 0.3 is 5.97 Å². The number of nitrogens with zero attached hydrogens (tertiary/aromatic N) is 1. The number of nitrogens with one attached hydrogen (secondary N) is 1. The van der Waals surface area contributed by atoms with Gasteiger partial charge in [0.05, 0.1) is 12.3 Å². The number of benzene rings is 1. The normalized spacial score (nSPS) is 18.2. The quantitative estimate of drug-likeness (QED) is 0.820. The van der Waals surface area contributed by atoms with Gasteiger partial charge in [0.15, 0.2) is 5.60 Å². The summed E-state index contributed by atoms with van der Waals surface area (Å²) in [6, 6.07) is 5.13. The van der Waals surface area contributed by atoms with Gasteiger partial charge in [-0.1, -0.05) is 0 Å². The molecule has 0 radical (unpaired) electrons. The van der Waals surface area contributed by atoms with E-state index in [9.17, 15) is 14.4 Å². The third kappa shape index (κ3) is 3.60. The number of hydrogen-bond acceptors (Lipinski definition) is 5. The molecule has 1 aromatic carbocycles. The third-order valence-electron chi connectivity index (χ3n) is 4.14. The van der Waals surface area contributed by atoms with Crippen LogP contribution in [0.5, 0.6) is 5.75 Å². The number of anilines is 1. The van der Waals surface area contributed by atoms with Gasteiger partial charge in [-0.3, -0.25) is 19.3 Å². The van der Waals surface area contributed by atoms with Crippen LogP contribution in [0.3, 0.4) is 0 Å². The van der Waals surface area contributed by atoms with Crippen LogP contribution in [0.1, 0.15) is 44.0 Å². The van der Waals surface area contributed by atoms with E-state index in [1.807, 2.05) is 0 Å². The summed E-state index contributed by atoms with van der Waals surface area (Å²) in [7, 11) is 0. The highest BCUT2D eigenvalue weighted by atomic mass is 16.5. The van der Waals surface area contributed by atoms with E-state index in [0.717, 1.165) is 12.8 Å². The summed E-state index contributed by atoms with van der Waals surface area (Å²) < 4.78 is 10.7. The Morgan fingerprint density at radius 2 is 2.08 bits per heavy atom. The second kappa shape index (κ2) is 6.38. The molecule has 25 heavy (non-hydrogen) atoms. The van der Waals surface area contributed by atoms with Crippen molar-refractivity contribution in [1.82, 2.24) is 5.32 Å². The maximum absolute atomic E-state index is 12.7. The maximum Gasteiger partial charge on any atom is 0.326 e. The summed E-state index contributed by atoms with van der Waals surface area (Å²) in [5.41, 5.74) is -0.270. The van der Waals surface area contributed by atoms with Crippen molar-refractivity contribution in [2.45, 2.75) is 45.3 Å². The number of ether oxygens (including phenoxy) is 2. The summed E-state index contributed by atoms with van der Waals surface area (Å²) in [4.78, 5) is 38.2. The summed E-state index contributed by atoms with van der Waals surface area (Å²) in [6.07, 6.45) is 1.98. The molecule has 0 saturated heterocycles. The molecule has 0 unspecified atom stereocenters. The molecule has 1 heterocycles. The van der Waals surface area contributed by atoms with E-state index < -0.39 is 11.6 Å². The van der Waals surface area contributed by atoms with Crippen molar-refractivity contribution in [2.24, 2.45) is 0 Å². The minimum atomic E-state index is -1.10. The minimum absolute atomic E-state index is 0.196. The van der Waals surface area contributed by atoms with E-state index in [4.69, 9.17) is 9.47 Å². The van der Waals surface area contributed by atoms with Crippen LogP contribution >= 0.6 is 0 Å². The van der Waals surface area contributed by atoms with E-state index in [1.165, 1.54) is 4.90 Å². The number of amides is 2. The van der Waals surface area contributed by atoms with E-state index >= 15 is 0 Å². The molecule has 1 aliphatic carbocycles. The first-order chi connectivity index (χ1) is 11.8. The van der Waals surface area contributed by atoms with Crippen LogP contribution in [0, 0.1) is 0 Å². The Kier molecular flexibility index (Phi) is 4.41. The predicted octanol–water partition coefficient (Wildman–Crippen LogP) is 1.65. The van der Waals surface area contributed by atoms with E-state index in [1.54, 1.807) is 39.0 Å². The van der Waals surface area contributed by atoms with E-state index in [-0.39, 0.29) is 31.0 Å². The lowest BCUT2D eigenvalue weighted by Crippen LogP contribution is -2.54. The van der Waals surface area contributed by atoms with Gasteiger partial charge in [0, 0.05) is 11.6 Å². The number of carbonyl (C=O) groups excluding carboxylic acids is 3. The second-order valence-corrected chi connectivity index (χ2v) is 6.74. The van der Waals surface area contributed by atoms with Crippen molar-refractivity contribution < 1.29 is 23.9 Å². The Labute approximate surface area is 146 Å². The fourth-order valence-electron chi connectivity index (χ4n) is 2.70. The number of rotatable bonds is 5. The molecule has 1 fully saturated rings. The maximum atomic E-state index is 12.7. The monoisotopic (exact) mass is 346 g/mol. The Morgan fingerprint density at radius 3 is 2.72 bits per heavy atom. The molecule has 134 valence electrons. The molecule has 1 aliphatic heterocycles. The fraction of sp³-hybridized carbons (Fsp3) is 0.500. The smallest absolute Gasteiger partial charge is 0.326 e. The summed E-state index contributed by atoms with van der Waals surface area (Å²) in [5.74, 6) is -0.601. The topological polar surface area (TPSA) is 84.9 Å². The number of fused-ring (bicyclic) bond motifs is 1. The average molecular weight is 346 g/mol. The highest BCUT2D eigenvalue weighted by molar-refractivity contribution is 6.06. The number of hydrogen-bond donors (Lipinski definition) is 1. The Balaban J connectivity index is 1.92. The van der Waals surface area contributed by atoms with Crippen LogP contribution in [0.2, 0.25) is 0 Å². The zero-order valence-corrected chi connectivity index (χ0v) is 14.6. The van der Waals surface area contributed by atoms with Crippen molar-refractivity contribution in [3.8, 4) is 5.75 Å². The van der Waals surface area contributed by atoms with Gasteiger partial charge in [0.2, 0.25) is 0 Å². The molecule has 3 rings (SSSR count). The van der Waals surface area contributed by atoms with Gasteiger partial charge in [-0.25, -0.2) is 0 Å². The van der Waals surface area contributed by atoms with Crippen LogP contribution in [0.25, 0.3) is 0 Å². The van der Waals surface area contributed by atoms with Gasteiger partial charge in [-0.05, 0) is 51.8 Å². The van der Waals surface area contributed by atoms with Crippen LogP contribution < -0.4 is 15.0 Å². The van der Waals surface area contributed by atoms with Crippen LogP contribution in [-0.4, -0.2) is 42.6 Å². The molecule has 0 atom stereocenters. The SMILES string of the molecule is CCOC(=O)CN1C(=O)C(C)(C)Oc2ccc(C(=O)NC3CC3)cc21. The average Bonchev–Trinajstić information content (AvgIpc) is 3.35. The zero-order chi connectivity index (χ0) is 18.2. The molecule has 1 saturated carbocycles. The Morgan fingerprint density at radius 1 is 1.36 bits per heavy atom. The van der Waals surface area contributed by atoms with Gasteiger partial charge in [0.1, 0.15) is 12.3 Å². The van der Waals surface area contributed by atoms with Crippen molar-refractivity contribution in [2.75, 3.05) is 18.1 Å². The Hall–Kier alpha value is -2.57. The predicted molar refractivity (Wildman–Crippen MR) is 90.6 cm³/mol. The lowest BCUT2D eigenvalue weighted by atomic mass is 10.0. The second-order valence-electron chi connectivity index (χ2n) is 6.74. The molecule has 0 spiro atoms. The van der Waals surface area contributed by atoms with E-state index in [0.29, 0.717) is 17.0 Å². The fourth-order valence-corrected chi connectivity index (χ4v) is 2.70. The first kappa shape index (κ1) is 17.3. The summed E-state index contributed by atoms with van der Waals surface area (Å²) in [6.45, 7) is 5.00. The van der Waals surface area contributed by atoms with Crippen LogP contribution in [-0.2, 0) is 14.3 Å². The van der Waals surface area contributed by atoms with Crippen molar-refractivity contribution in [1.29, 1.82) is 0 Å². The summed E-state index contributed by atoms with van der Waals surface area (Å²) >= 11 is 0. The molecule has 2 aliphatic rings. The zero-order valence-electron chi connectivity index (χ0n) is 14.6. The van der Waals surface area contributed by atoms with Gasteiger partial charge < -0.3 is 14.8 Å². The molecule has 7 heteroatoms. The minimum Gasteiger partial charge on any atom is -0.476 e. The Bertz CT molecular complexity index is 724. The lowest BCUT2D eigenvalue weighted by molar-refractivity contribution is -0.144. The standard InChI is InChI=1S/C18H22N2O5/c1-4-24-15(21)10-20-13-9-11(16(22)19-12-6-7-12)5-8-14(13)25-18(2,3)17(20)23/h5,8-9,12H,4,6-7,10H2,1-3H3,(H,19,22). The highest BCUT2D eigenvalue weighted by Gasteiger charge is 2.42. The first-order valence-electron chi connectivity index (χ1n) is 8.43. The van der Waals surface area contributed by atoms with Crippen molar-refractivity contribution in [3.05, 3.63) is 23.8 Å². The number of carbonyl (C=O) groups is 3. The molecule has 0 aromatic heterocycles. The summed E-state index contributed by atoms with van der Waals surface area (Å²) in [5, 5.41) is 2.91. The molecule has 2 amide bonds. The van der Waals surface area contributed by atoms with Gasteiger partial charge in [-0.2, -0.15) is 0 Å².